The average molecular weight is 354 g/mol. The molecule has 6 nitrogen and oxygen atoms in total. The molecule has 2 heterocycles. The summed E-state index contributed by atoms with van der Waals surface area (Å²) in [5.41, 5.74) is 0.513. The molecule has 2 fully saturated rings. The number of H-pyrrole nitrogens is 1. The average Bonchev–Trinajstić information content (AvgIpc) is 3.10. The van der Waals surface area contributed by atoms with Gasteiger partial charge in [-0.25, -0.2) is 4.98 Å². The lowest BCUT2D eigenvalue weighted by molar-refractivity contribution is -0.133. The number of carbonyl (C=O) groups is 1. The van der Waals surface area contributed by atoms with E-state index in [1.807, 2.05) is 25.1 Å². The predicted octanol–water partition coefficient (Wildman–Crippen LogP) is 2.19. The van der Waals surface area contributed by atoms with Crippen LogP contribution in [0.1, 0.15) is 44.9 Å². The van der Waals surface area contributed by atoms with Crippen molar-refractivity contribution in [1.82, 2.24) is 20.2 Å². The van der Waals surface area contributed by atoms with Crippen LogP contribution in [0.2, 0.25) is 0 Å². The van der Waals surface area contributed by atoms with Crippen LogP contribution in [0.5, 0.6) is 0 Å². The summed E-state index contributed by atoms with van der Waals surface area (Å²) in [6.45, 7) is 2.91. The summed E-state index contributed by atoms with van der Waals surface area (Å²) in [6.07, 6.45) is 5.88. The van der Waals surface area contributed by atoms with E-state index < -0.39 is 0 Å². The van der Waals surface area contributed by atoms with E-state index in [9.17, 15) is 9.59 Å². The van der Waals surface area contributed by atoms with E-state index in [0.29, 0.717) is 41.8 Å². The van der Waals surface area contributed by atoms with Crippen molar-refractivity contribution in [2.75, 3.05) is 6.54 Å². The van der Waals surface area contributed by atoms with E-state index in [0.717, 1.165) is 6.42 Å². The number of likely N-dealkylation sites (N-methyl/N-ethyl adjacent to an activating group) is 1. The number of nitrogens with zero attached hydrogens (tertiary/aromatic N) is 2. The quantitative estimate of drug-likeness (QED) is 0.882. The Hall–Kier alpha value is -2.21. The van der Waals surface area contributed by atoms with Gasteiger partial charge in [-0.15, -0.1) is 0 Å². The molecule has 4 rings (SSSR count). The highest BCUT2D eigenvalue weighted by molar-refractivity contribution is 5.82. The smallest absolute Gasteiger partial charge is 0.258 e. The molecule has 2 aromatic rings. The molecule has 1 aromatic heterocycles. The monoisotopic (exact) mass is 354 g/mol. The van der Waals surface area contributed by atoms with E-state index >= 15 is 0 Å². The van der Waals surface area contributed by atoms with Crippen LogP contribution in [0.4, 0.5) is 0 Å². The third-order valence-electron chi connectivity index (χ3n) is 5.86. The van der Waals surface area contributed by atoms with Crippen LogP contribution in [-0.2, 0) is 11.3 Å². The Labute approximate surface area is 153 Å². The second-order valence-corrected chi connectivity index (χ2v) is 7.49. The largest absolute Gasteiger partial charge is 0.334 e. The number of para-hydroxylation sites is 1. The summed E-state index contributed by atoms with van der Waals surface area (Å²) in [6, 6.07) is 7.68. The van der Waals surface area contributed by atoms with Crippen molar-refractivity contribution in [3.63, 3.8) is 0 Å². The second kappa shape index (κ2) is 7.19. The summed E-state index contributed by atoms with van der Waals surface area (Å²) in [5.74, 6) is 1.30. The van der Waals surface area contributed by atoms with E-state index in [-0.39, 0.29) is 17.5 Å². The van der Waals surface area contributed by atoms with Crippen molar-refractivity contribution in [2.45, 2.75) is 57.7 Å². The first-order valence-corrected chi connectivity index (χ1v) is 9.68. The van der Waals surface area contributed by atoms with Crippen LogP contribution < -0.4 is 10.9 Å². The fraction of sp³-hybridized carbons (Fsp3) is 0.550. The molecule has 0 radical (unpaired) electrons. The van der Waals surface area contributed by atoms with Crippen molar-refractivity contribution in [3.8, 4) is 0 Å². The third kappa shape index (κ3) is 3.26. The second-order valence-electron chi connectivity index (χ2n) is 7.49. The van der Waals surface area contributed by atoms with Crippen molar-refractivity contribution < 1.29 is 4.79 Å². The molecule has 6 heteroatoms. The number of hydrogen-bond acceptors (Lipinski definition) is 4. The van der Waals surface area contributed by atoms with Crippen molar-refractivity contribution in [1.29, 1.82) is 0 Å². The highest BCUT2D eigenvalue weighted by Crippen LogP contribution is 2.33. The van der Waals surface area contributed by atoms with Gasteiger partial charge in [0.05, 0.1) is 23.5 Å². The zero-order chi connectivity index (χ0) is 18.1. The number of rotatable bonds is 4. The predicted molar refractivity (Wildman–Crippen MR) is 101 cm³/mol. The van der Waals surface area contributed by atoms with Crippen LogP contribution in [0, 0.1) is 5.92 Å². The maximum Gasteiger partial charge on any atom is 0.258 e. The van der Waals surface area contributed by atoms with E-state index in [4.69, 9.17) is 0 Å². The Morgan fingerprint density at radius 1 is 1.27 bits per heavy atom. The first kappa shape index (κ1) is 17.2. The topological polar surface area (TPSA) is 78.1 Å². The lowest BCUT2D eigenvalue weighted by atomic mass is 9.85. The number of amides is 1. The summed E-state index contributed by atoms with van der Waals surface area (Å²) in [5, 5.41) is 4.13. The number of aromatic amines is 1. The normalized spacial score (nSPS) is 25.2. The maximum absolute atomic E-state index is 13.0. The van der Waals surface area contributed by atoms with Gasteiger partial charge in [-0.1, -0.05) is 25.0 Å². The minimum Gasteiger partial charge on any atom is -0.334 e. The molecule has 2 aliphatic rings. The van der Waals surface area contributed by atoms with Gasteiger partial charge in [-0.2, -0.15) is 0 Å². The maximum atomic E-state index is 13.0. The number of carbonyl (C=O) groups excluding carboxylic acids is 1. The minimum atomic E-state index is -0.154. The van der Waals surface area contributed by atoms with Crippen LogP contribution in [0.3, 0.4) is 0 Å². The van der Waals surface area contributed by atoms with Gasteiger partial charge in [0.15, 0.2) is 0 Å². The Bertz CT molecular complexity index is 848. The summed E-state index contributed by atoms with van der Waals surface area (Å²) >= 11 is 0. The highest BCUT2D eigenvalue weighted by atomic mass is 16.2. The van der Waals surface area contributed by atoms with Gasteiger partial charge in [0.2, 0.25) is 5.91 Å². The number of hydrogen-bond donors (Lipinski definition) is 2. The number of benzene rings is 1. The van der Waals surface area contributed by atoms with E-state index in [2.05, 4.69) is 15.3 Å². The zero-order valence-corrected chi connectivity index (χ0v) is 15.2. The first-order chi connectivity index (χ1) is 12.7. The third-order valence-corrected chi connectivity index (χ3v) is 5.86. The van der Waals surface area contributed by atoms with Crippen molar-refractivity contribution >= 4 is 16.8 Å². The standard InChI is InChI=1S/C20H26N4O2/c1-2-24(20(26)17-11-13-7-3-5-9-15(13)21-17)12-18-22-16-10-6-4-8-14(16)19(25)23-18/h4,6,8,10,13,15,17,21H,2-3,5,7,9,11-12H2,1H3,(H,22,23,25). The highest BCUT2D eigenvalue weighted by Gasteiger charge is 2.39. The Kier molecular flexibility index (Phi) is 4.76. The van der Waals surface area contributed by atoms with Gasteiger partial charge in [-0.05, 0) is 44.2 Å². The Morgan fingerprint density at radius 2 is 2.08 bits per heavy atom. The lowest BCUT2D eigenvalue weighted by Gasteiger charge is -2.25. The Balaban J connectivity index is 1.51. The van der Waals surface area contributed by atoms with Gasteiger partial charge < -0.3 is 15.2 Å². The first-order valence-electron chi connectivity index (χ1n) is 9.68. The Morgan fingerprint density at radius 3 is 2.88 bits per heavy atom. The number of fused-ring (bicyclic) bond motifs is 2. The molecule has 1 aliphatic heterocycles. The van der Waals surface area contributed by atoms with Crippen LogP contribution in [0.15, 0.2) is 29.1 Å². The SMILES string of the molecule is CCN(Cc1nc2ccccc2c(=O)[nH]1)C(=O)C1CC2CCCCC2N1. The zero-order valence-electron chi connectivity index (χ0n) is 15.2. The molecule has 0 spiro atoms. The fourth-order valence-corrected chi connectivity index (χ4v) is 4.47. The molecule has 3 atom stereocenters. The molecular weight excluding hydrogens is 328 g/mol. The molecule has 1 aromatic carbocycles. The molecule has 1 aliphatic carbocycles. The van der Waals surface area contributed by atoms with Gasteiger partial charge >= 0.3 is 0 Å². The fourth-order valence-electron chi connectivity index (χ4n) is 4.47. The lowest BCUT2D eigenvalue weighted by Crippen LogP contribution is -2.45. The van der Waals surface area contributed by atoms with E-state index in [1.165, 1.54) is 25.7 Å². The van der Waals surface area contributed by atoms with Gasteiger partial charge in [0, 0.05) is 12.6 Å². The molecule has 2 N–H and O–H groups in total. The molecule has 3 unspecified atom stereocenters. The molecule has 1 saturated carbocycles. The molecule has 1 saturated heterocycles. The minimum absolute atomic E-state index is 0.102. The summed E-state index contributed by atoms with van der Waals surface area (Å²) in [7, 11) is 0. The summed E-state index contributed by atoms with van der Waals surface area (Å²) < 4.78 is 0. The molecule has 0 bridgehead atoms. The molecular formula is C20H26N4O2. The van der Waals surface area contributed by atoms with Crippen LogP contribution >= 0.6 is 0 Å². The molecule has 1 amide bonds. The number of aromatic nitrogens is 2. The van der Waals surface area contributed by atoms with Gasteiger partial charge in [0.1, 0.15) is 5.82 Å². The van der Waals surface area contributed by atoms with Gasteiger partial charge in [0.25, 0.3) is 5.56 Å². The van der Waals surface area contributed by atoms with Crippen molar-refractivity contribution in [3.05, 3.63) is 40.4 Å². The van der Waals surface area contributed by atoms with Crippen molar-refractivity contribution in [2.24, 2.45) is 5.92 Å². The van der Waals surface area contributed by atoms with Crippen LogP contribution in [0.25, 0.3) is 10.9 Å². The molecule has 138 valence electrons. The van der Waals surface area contributed by atoms with Gasteiger partial charge in [-0.3, -0.25) is 9.59 Å². The molecule has 26 heavy (non-hydrogen) atoms. The summed E-state index contributed by atoms with van der Waals surface area (Å²) in [4.78, 5) is 34.4. The van der Waals surface area contributed by atoms with E-state index in [1.54, 1.807) is 11.0 Å². The number of nitrogens with one attached hydrogen (secondary N) is 2. The van der Waals surface area contributed by atoms with Crippen LogP contribution in [-0.4, -0.2) is 39.4 Å².